The van der Waals surface area contributed by atoms with Crippen molar-refractivity contribution < 1.29 is 23.5 Å². The zero-order valence-corrected chi connectivity index (χ0v) is 15.0. The van der Waals surface area contributed by atoms with Gasteiger partial charge in [-0.15, -0.1) is 0 Å². The molecular weight excluding hydrogens is 363 g/mol. The summed E-state index contributed by atoms with van der Waals surface area (Å²) in [5.74, 6) is -0.464. The van der Waals surface area contributed by atoms with Gasteiger partial charge in [-0.2, -0.15) is 0 Å². The van der Waals surface area contributed by atoms with Gasteiger partial charge in [-0.3, -0.25) is 9.78 Å². The van der Waals surface area contributed by atoms with Crippen LogP contribution in [0.4, 0.5) is 4.39 Å². The van der Waals surface area contributed by atoms with Gasteiger partial charge in [0.1, 0.15) is 22.9 Å². The molecule has 1 aromatic heterocycles. The quantitative estimate of drug-likeness (QED) is 0.660. The summed E-state index contributed by atoms with van der Waals surface area (Å²) in [5, 5.41) is 2.78. The van der Waals surface area contributed by atoms with E-state index < -0.39 is 5.97 Å². The second kappa shape index (κ2) is 8.77. The van der Waals surface area contributed by atoms with Gasteiger partial charge < -0.3 is 14.8 Å². The number of methoxy groups -OCH3 is 1. The Balaban J connectivity index is 1.67. The molecule has 0 unspecified atom stereocenters. The zero-order chi connectivity index (χ0) is 19.9. The fourth-order valence-electron chi connectivity index (χ4n) is 2.42. The first kappa shape index (κ1) is 19.0. The third-order valence-electron chi connectivity index (χ3n) is 3.90. The van der Waals surface area contributed by atoms with Crippen LogP contribution >= 0.6 is 0 Å². The predicted octanol–water partition coefficient (Wildman–Crippen LogP) is 3.73. The van der Waals surface area contributed by atoms with Crippen LogP contribution in [-0.2, 0) is 11.3 Å². The Morgan fingerprint density at radius 2 is 1.75 bits per heavy atom. The van der Waals surface area contributed by atoms with Crippen LogP contribution in [0, 0.1) is 5.82 Å². The van der Waals surface area contributed by atoms with Gasteiger partial charge in [0, 0.05) is 18.9 Å². The van der Waals surface area contributed by atoms with E-state index in [0.717, 1.165) is 5.56 Å². The average Bonchev–Trinajstić information content (AvgIpc) is 2.74. The molecule has 0 aliphatic carbocycles. The molecule has 2 aromatic carbocycles. The van der Waals surface area contributed by atoms with Crippen LogP contribution < -0.4 is 10.1 Å². The van der Waals surface area contributed by atoms with E-state index in [2.05, 4.69) is 15.0 Å². The molecule has 3 aromatic rings. The third-order valence-corrected chi connectivity index (χ3v) is 3.90. The molecule has 0 saturated carbocycles. The van der Waals surface area contributed by atoms with Crippen molar-refractivity contribution in [3.8, 4) is 11.5 Å². The second-order valence-electron chi connectivity index (χ2n) is 5.80. The number of amides is 1. The number of carbonyl (C=O) groups is 2. The highest BCUT2D eigenvalue weighted by molar-refractivity contribution is 5.96. The van der Waals surface area contributed by atoms with Gasteiger partial charge in [0.15, 0.2) is 0 Å². The molecule has 0 fully saturated rings. The maximum Gasteiger partial charge on any atom is 0.337 e. The van der Waals surface area contributed by atoms with Gasteiger partial charge in [-0.25, -0.2) is 9.18 Å². The first-order chi connectivity index (χ1) is 13.6. The predicted molar refractivity (Wildman–Crippen MR) is 99.7 cm³/mol. The molecular formula is C21H17FN2O4. The summed E-state index contributed by atoms with van der Waals surface area (Å²) in [6.45, 7) is 0.255. The Morgan fingerprint density at radius 3 is 2.43 bits per heavy atom. The first-order valence-electron chi connectivity index (χ1n) is 8.39. The number of nitrogens with zero attached hydrogens (tertiary/aromatic N) is 1. The SMILES string of the molecule is COC(=O)c1ccc(CNC(=O)c2cnccc2Oc2ccc(F)cc2)cc1. The molecule has 6 nitrogen and oxygen atoms in total. The molecule has 0 atom stereocenters. The number of nitrogens with one attached hydrogen (secondary N) is 1. The van der Waals surface area contributed by atoms with Crippen molar-refractivity contribution in [2.45, 2.75) is 6.54 Å². The highest BCUT2D eigenvalue weighted by atomic mass is 19.1. The van der Waals surface area contributed by atoms with Gasteiger partial charge in [0.25, 0.3) is 5.91 Å². The summed E-state index contributed by atoms with van der Waals surface area (Å²) >= 11 is 0. The number of hydrogen-bond acceptors (Lipinski definition) is 5. The second-order valence-corrected chi connectivity index (χ2v) is 5.80. The zero-order valence-electron chi connectivity index (χ0n) is 15.0. The fourth-order valence-corrected chi connectivity index (χ4v) is 2.42. The monoisotopic (exact) mass is 380 g/mol. The van der Waals surface area contributed by atoms with Crippen molar-refractivity contribution in [3.05, 3.63) is 89.5 Å². The first-order valence-corrected chi connectivity index (χ1v) is 8.39. The lowest BCUT2D eigenvalue weighted by Crippen LogP contribution is -2.23. The Bertz CT molecular complexity index is 972. The molecule has 142 valence electrons. The average molecular weight is 380 g/mol. The third kappa shape index (κ3) is 4.70. The van der Waals surface area contributed by atoms with Gasteiger partial charge in [-0.1, -0.05) is 12.1 Å². The van der Waals surface area contributed by atoms with Gasteiger partial charge in [0.2, 0.25) is 0 Å². The number of ether oxygens (including phenoxy) is 2. The molecule has 0 aliphatic rings. The molecule has 0 bridgehead atoms. The number of esters is 1. The van der Waals surface area contributed by atoms with Crippen LogP contribution in [0.5, 0.6) is 11.5 Å². The summed E-state index contributed by atoms with van der Waals surface area (Å²) in [4.78, 5) is 28.0. The highest BCUT2D eigenvalue weighted by Crippen LogP contribution is 2.24. The lowest BCUT2D eigenvalue weighted by molar-refractivity contribution is 0.0600. The number of halogens is 1. The van der Waals surface area contributed by atoms with Crippen molar-refractivity contribution >= 4 is 11.9 Å². The summed E-state index contributed by atoms with van der Waals surface area (Å²) in [6, 6.07) is 13.8. The molecule has 1 N–H and O–H groups in total. The van der Waals surface area contributed by atoms with Crippen molar-refractivity contribution in [1.82, 2.24) is 10.3 Å². The van der Waals surface area contributed by atoms with E-state index >= 15 is 0 Å². The van der Waals surface area contributed by atoms with Gasteiger partial charge >= 0.3 is 5.97 Å². The van der Waals surface area contributed by atoms with Crippen LogP contribution in [0.2, 0.25) is 0 Å². The molecule has 1 amide bonds. The van der Waals surface area contributed by atoms with Gasteiger partial charge in [0.05, 0.1) is 12.7 Å². The molecule has 3 rings (SSSR count). The van der Waals surface area contributed by atoms with E-state index in [0.29, 0.717) is 17.1 Å². The molecule has 1 heterocycles. The van der Waals surface area contributed by atoms with Crippen molar-refractivity contribution in [2.75, 3.05) is 7.11 Å². The summed E-state index contributed by atoms with van der Waals surface area (Å²) < 4.78 is 23.4. The minimum atomic E-state index is -0.423. The van der Waals surface area contributed by atoms with Gasteiger partial charge in [-0.05, 0) is 48.0 Å². The van der Waals surface area contributed by atoms with Crippen LogP contribution in [0.15, 0.2) is 67.0 Å². The molecule has 0 aliphatic heterocycles. The Hall–Kier alpha value is -3.74. The van der Waals surface area contributed by atoms with E-state index in [9.17, 15) is 14.0 Å². The Morgan fingerprint density at radius 1 is 1.04 bits per heavy atom. The molecule has 28 heavy (non-hydrogen) atoms. The topological polar surface area (TPSA) is 77.5 Å². The smallest absolute Gasteiger partial charge is 0.337 e. The minimum absolute atomic E-state index is 0.248. The number of benzene rings is 2. The Labute approximate surface area is 160 Å². The summed E-state index contributed by atoms with van der Waals surface area (Å²) in [7, 11) is 1.32. The highest BCUT2D eigenvalue weighted by Gasteiger charge is 2.14. The number of aromatic nitrogens is 1. The van der Waals surface area contributed by atoms with Crippen LogP contribution in [0.1, 0.15) is 26.3 Å². The largest absolute Gasteiger partial charge is 0.465 e. The summed E-state index contributed by atoms with van der Waals surface area (Å²) in [5.41, 5.74) is 1.49. The lowest BCUT2D eigenvalue weighted by atomic mass is 10.1. The van der Waals surface area contributed by atoms with Crippen molar-refractivity contribution in [1.29, 1.82) is 0 Å². The van der Waals surface area contributed by atoms with E-state index in [1.165, 1.54) is 43.8 Å². The lowest BCUT2D eigenvalue weighted by Gasteiger charge is -2.11. The summed E-state index contributed by atoms with van der Waals surface area (Å²) in [6.07, 6.45) is 2.90. The maximum absolute atomic E-state index is 13.0. The maximum atomic E-state index is 13.0. The van der Waals surface area contributed by atoms with E-state index in [4.69, 9.17) is 4.74 Å². The fraction of sp³-hybridized carbons (Fsp3) is 0.0952. The normalized spacial score (nSPS) is 10.2. The van der Waals surface area contributed by atoms with Crippen molar-refractivity contribution in [2.24, 2.45) is 0 Å². The standard InChI is InChI=1S/C21H17FN2O4/c1-27-21(26)15-4-2-14(3-5-15)12-24-20(25)18-13-23-11-10-19(18)28-17-8-6-16(22)7-9-17/h2-11,13H,12H2,1H3,(H,24,25). The number of carbonyl (C=O) groups excluding carboxylic acids is 2. The molecule has 0 radical (unpaired) electrons. The minimum Gasteiger partial charge on any atom is -0.465 e. The number of rotatable bonds is 6. The van der Waals surface area contributed by atoms with E-state index in [-0.39, 0.29) is 23.8 Å². The number of hydrogen-bond donors (Lipinski definition) is 1. The number of pyridine rings is 1. The van der Waals surface area contributed by atoms with Crippen molar-refractivity contribution in [3.63, 3.8) is 0 Å². The Kier molecular flexibility index (Phi) is 5.96. The van der Waals surface area contributed by atoms with Crippen LogP contribution in [0.25, 0.3) is 0 Å². The molecule has 7 heteroatoms. The molecule has 0 spiro atoms. The van der Waals surface area contributed by atoms with E-state index in [1.54, 1.807) is 30.3 Å². The van der Waals surface area contributed by atoms with E-state index in [1.807, 2.05) is 0 Å². The molecule has 0 saturated heterocycles. The van der Waals surface area contributed by atoms with Crippen LogP contribution in [-0.4, -0.2) is 24.0 Å². The van der Waals surface area contributed by atoms with Crippen LogP contribution in [0.3, 0.4) is 0 Å².